The van der Waals surface area contributed by atoms with E-state index in [1.807, 2.05) is 13.8 Å². The Morgan fingerprint density at radius 1 is 1.11 bits per heavy atom. The number of hydrogen-bond donors (Lipinski definition) is 2. The van der Waals surface area contributed by atoms with Gasteiger partial charge in [-0.2, -0.15) is 0 Å². The van der Waals surface area contributed by atoms with E-state index in [9.17, 15) is 22.0 Å². The molecule has 146 valence electrons. The molecule has 6 nitrogen and oxygen atoms in total. The smallest absolute Gasteiger partial charge is 0.240 e. The highest BCUT2D eigenvalue weighted by Gasteiger charge is 2.17. The van der Waals surface area contributed by atoms with Crippen molar-refractivity contribution in [3.8, 4) is 5.75 Å². The van der Waals surface area contributed by atoms with Gasteiger partial charge in [0.1, 0.15) is 5.75 Å². The number of carbonyl (C=O) groups excluding carboxylic acids is 1. The molecule has 0 aromatic heterocycles. The fraction of sp³-hybridized carbons (Fsp3) is 0.278. The van der Waals surface area contributed by atoms with Crippen molar-refractivity contribution in [2.75, 3.05) is 11.9 Å². The van der Waals surface area contributed by atoms with Crippen molar-refractivity contribution in [1.29, 1.82) is 0 Å². The predicted molar refractivity (Wildman–Crippen MR) is 97.0 cm³/mol. The van der Waals surface area contributed by atoms with E-state index in [2.05, 4.69) is 10.0 Å². The van der Waals surface area contributed by atoms with Crippen LogP contribution in [0.25, 0.3) is 0 Å². The van der Waals surface area contributed by atoms with Crippen LogP contribution in [0.1, 0.15) is 20.3 Å². The second-order valence-electron chi connectivity index (χ2n) is 5.93. The summed E-state index contributed by atoms with van der Waals surface area (Å²) >= 11 is 0. The van der Waals surface area contributed by atoms with Crippen LogP contribution in [0.5, 0.6) is 5.75 Å². The van der Waals surface area contributed by atoms with Crippen LogP contribution in [0.2, 0.25) is 0 Å². The van der Waals surface area contributed by atoms with Crippen LogP contribution >= 0.6 is 0 Å². The number of anilines is 1. The standard InChI is InChI=1S/C18H20F2N2O4S/c1-12(2)26-17-6-4-3-5-16(17)22-18(23)9-10-21-27(24,25)13-7-8-14(19)15(20)11-13/h3-8,11-12,21H,9-10H2,1-2H3,(H,22,23). The summed E-state index contributed by atoms with van der Waals surface area (Å²) in [4.78, 5) is 11.6. The molecule has 0 spiro atoms. The summed E-state index contributed by atoms with van der Waals surface area (Å²) in [6.45, 7) is 3.50. The molecule has 0 aliphatic rings. The number of para-hydroxylation sites is 2. The van der Waals surface area contributed by atoms with Gasteiger partial charge in [-0.3, -0.25) is 4.79 Å². The van der Waals surface area contributed by atoms with Gasteiger partial charge in [0.05, 0.1) is 16.7 Å². The van der Waals surface area contributed by atoms with Crippen molar-refractivity contribution in [3.63, 3.8) is 0 Å². The summed E-state index contributed by atoms with van der Waals surface area (Å²) in [5.41, 5.74) is 0.472. The summed E-state index contributed by atoms with van der Waals surface area (Å²) in [7, 11) is -4.05. The van der Waals surface area contributed by atoms with E-state index in [0.29, 0.717) is 17.5 Å². The molecule has 2 rings (SSSR count). The molecule has 0 atom stereocenters. The van der Waals surface area contributed by atoms with Crippen molar-refractivity contribution in [2.45, 2.75) is 31.3 Å². The normalized spacial score (nSPS) is 11.4. The van der Waals surface area contributed by atoms with Crippen molar-refractivity contribution < 1.29 is 26.7 Å². The van der Waals surface area contributed by atoms with Crippen molar-refractivity contribution in [3.05, 3.63) is 54.1 Å². The summed E-state index contributed by atoms with van der Waals surface area (Å²) in [6.07, 6.45) is -0.232. The van der Waals surface area contributed by atoms with Gasteiger partial charge in [0.25, 0.3) is 0 Å². The van der Waals surface area contributed by atoms with Crippen LogP contribution in [0.15, 0.2) is 47.4 Å². The number of halogens is 2. The molecule has 0 fully saturated rings. The molecule has 0 unspecified atom stereocenters. The average molecular weight is 398 g/mol. The largest absolute Gasteiger partial charge is 0.489 e. The third kappa shape index (κ3) is 6.00. The van der Waals surface area contributed by atoms with E-state index < -0.39 is 32.5 Å². The maximum atomic E-state index is 13.2. The van der Waals surface area contributed by atoms with E-state index in [0.717, 1.165) is 12.1 Å². The highest BCUT2D eigenvalue weighted by Crippen LogP contribution is 2.24. The number of benzene rings is 2. The van der Waals surface area contributed by atoms with Gasteiger partial charge in [-0.15, -0.1) is 0 Å². The molecule has 0 saturated heterocycles. The van der Waals surface area contributed by atoms with E-state index in [1.165, 1.54) is 0 Å². The van der Waals surface area contributed by atoms with Gasteiger partial charge in [-0.25, -0.2) is 21.9 Å². The molecule has 0 heterocycles. The molecular formula is C18H20F2N2O4S. The van der Waals surface area contributed by atoms with Crippen LogP contribution in [-0.4, -0.2) is 27.0 Å². The highest BCUT2D eigenvalue weighted by atomic mass is 32.2. The number of hydrogen-bond acceptors (Lipinski definition) is 4. The highest BCUT2D eigenvalue weighted by molar-refractivity contribution is 7.89. The molecule has 2 aromatic carbocycles. The number of sulfonamides is 1. The Kier molecular flexibility index (Phi) is 6.86. The predicted octanol–water partition coefficient (Wildman–Crippen LogP) is 3.06. The topological polar surface area (TPSA) is 84.5 Å². The first-order valence-electron chi connectivity index (χ1n) is 8.19. The summed E-state index contributed by atoms with van der Waals surface area (Å²) in [6, 6.07) is 9.13. The Morgan fingerprint density at radius 2 is 1.81 bits per heavy atom. The number of rotatable bonds is 8. The fourth-order valence-corrected chi connectivity index (χ4v) is 3.21. The number of nitrogens with one attached hydrogen (secondary N) is 2. The van der Waals surface area contributed by atoms with E-state index in [1.54, 1.807) is 24.3 Å². The van der Waals surface area contributed by atoms with Crippen molar-refractivity contribution >= 4 is 21.6 Å². The molecule has 9 heteroatoms. The zero-order valence-electron chi connectivity index (χ0n) is 14.8. The first kappa shape index (κ1) is 20.8. The lowest BCUT2D eigenvalue weighted by atomic mass is 10.2. The number of carbonyl (C=O) groups is 1. The van der Waals surface area contributed by atoms with Crippen LogP contribution in [0, 0.1) is 11.6 Å². The molecule has 2 aromatic rings. The zero-order valence-corrected chi connectivity index (χ0v) is 15.6. The minimum absolute atomic E-state index is 0.0778. The summed E-state index contributed by atoms with van der Waals surface area (Å²) in [5, 5.41) is 2.65. The van der Waals surface area contributed by atoms with Crippen LogP contribution < -0.4 is 14.8 Å². The Morgan fingerprint density at radius 3 is 2.48 bits per heavy atom. The third-order valence-corrected chi connectivity index (χ3v) is 4.83. The maximum absolute atomic E-state index is 13.2. The Hall–Kier alpha value is -2.52. The zero-order chi connectivity index (χ0) is 20.0. The van der Waals surface area contributed by atoms with Crippen molar-refractivity contribution in [2.24, 2.45) is 0 Å². The minimum Gasteiger partial charge on any atom is -0.489 e. The first-order chi connectivity index (χ1) is 12.7. The molecular weight excluding hydrogens is 378 g/mol. The SMILES string of the molecule is CC(C)Oc1ccccc1NC(=O)CCNS(=O)(=O)c1ccc(F)c(F)c1. The lowest BCUT2D eigenvalue weighted by Crippen LogP contribution is -2.28. The second kappa shape index (κ2) is 8.92. The average Bonchev–Trinajstić information content (AvgIpc) is 2.58. The maximum Gasteiger partial charge on any atom is 0.240 e. The van der Waals surface area contributed by atoms with Gasteiger partial charge in [-0.05, 0) is 44.2 Å². The van der Waals surface area contributed by atoms with E-state index >= 15 is 0 Å². The summed E-state index contributed by atoms with van der Waals surface area (Å²) < 4.78 is 58.0. The Balaban J connectivity index is 1.93. The lowest BCUT2D eigenvalue weighted by Gasteiger charge is -2.14. The molecule has 0 aliphatic heterocycles. The Labute approximate surface area is 156 Å². The second-order valence-corrected chi connectivity index (χ2v) is 7.70. The van der Waals surface area contributed by atoms with Crippen molar-refractivity contribution in [1.82, 2.24) is 4.72 Å². The first-order valence-corrected chi connectivity index (χ1v) is 9.67. The fourth-order valence-electron chi connectivity index (χ4n) is 2.17. The molecule has 0 radical (unpaired) electrons. The molecule has 1 amide bonds. The van der Waals surface area contributed by atoms with Crippen LogP contribution in [0.3, 0.4) is 0 Å². The monoisotopic (exact) mass is 398 g/mol. The molecule has 0 aliphatic carbocycles. The van der Waals surface area contributed by atoms with E-state index in [-0.39, 0.29) is 19.1 Å². The molecule has 27 heavy (non-hydrogen) atoms. The Bertz CT molecular complexity index is 917. The summed E-state index contributed by atoms with van der Waals surface area (Å²) in [5.74, 6) is -2.33. The van der Waals surface area contributed by atoms with Gasteiger partial charge >= 0.3 is 0 Å². The molecule has 2 N–H and O–H groups in total. The quantitative estimate of drug-likeness (QED) is 0.716. The van der Waals surface area contributed by atoms with Gasteiger partial charge in [-0.1, -0.05) is 12.1 Å². The molecule has 0 bridgehead atoms. The molecule has 0 saturated carbocycles. The van der Waals surface area contributed by atoms with E-state index in [4.69, 9.17) is 4.74 Å². The lowest BCUT2D eigenvalue weighted by molar-refractivity contribution is -0.116. The van der Waals surface area contributed by atoms with Gasteiger partial charge in [0, 0.05) is 13.0 Å². The van der Waals surface area contributed by atoms with Crippen LogP contribution in [0.4, 0.5) is 14.5 Å². The third-order valence-electron chi connectivity index (χ3n) is 3.37. The van der Waals surface area contributed by atoms with Gasteiger partial charge in [0.15, 0.2) is 11.6 Å². The van der Waals surface area contributed by atoms with Crippen LogP contribution in [-0.2, 0) is 14.8 Å². The van der Waals surface area contributed by atoms with Gasteiger partial charge < -0.3 is 10.1 Å². The number of amides is 1. The van der Waals surface area contributed by atoms with Gasteiger partial charge in [0.2, 0.25) is 15.9 Å². The minimum atomic E-state index is -4.05. The number of ether oxygens (including phenoxy) is 1.